The highest BCUT2D eigenvalue weighted by Gasteiger charge is 2.46. The number of methoxy groups -OCH3 is 1. The summed E-state index contributed by atoms with van der Waals surface area (Å²) in [5.41, 5.74) is -1.70. The summed E-state index contributed by atoms with van der Waals surface area (Å²) >= 11 is 13.3. The van der Waals surface area contributed by atoms with Crippen LogP contribution in [-0.2, 0) is 16.1 Å². The van der Waals surface area contributed by atoms with Crippen LogP contribution in [0.4, 0.5) is 13.2 Å². The lowest BCUT2D eigenvalue weighted by atomic mass is 9.90. The van der Waals surface area contributed by atoms with Crippen molar-refractivity contribution in [1.82, 2.24) is 4.57 Å². The summed E-state index contributed by atoms with van der Waals surface area (Å²) in [6.45, 7) is 1.37. The van der Waals surface area contributed by atoms with Gasteiger partial charge in [-0.2, -0.15) is 13.2 Å². The molecule has 246 valence electrons. The molecule has 0 spiro atoms. The van der Waals surface area contributed by atoms with Gasteiger partial charge in [0.25, 0.3) is 5.56 Å². The Hall–Kier alpha value is -4.58. The van der Waals surface area contributed by atoms with E-state index in [1.807, 2.05) is 6.07 Å². The molecule has 2 heterocycles. The van der Waals surface area contributed by atoms with Gasteiger partial charge >= 0.3 is 12.1 Å². The molecule has 0 unspecified atom stereocenters. The third-order valence-electron chi connectivity index (χ3n) is 7.62. The standard InChI is InChI=1S/C35H25Cl2F3N2O5S/c1-3-46-33(44)29-30(28-23-10-6-4-8-19(23)12-14-26(28)45-2)42-32(43)27(48-34(42)41-31(29)35(38,39)40)17-21-16-22(36)13-15-25(21)47-18-20-9-5-7-11-24(20)37/h4-17,30H,3,18H2,1-2H3/b27-17-/t30-/m1/s1. The summed E-state index contributed by atoms with van der Waals surface area (Å²) in [7, 11) is 1.36. The first-order valence-electron chi connectivity index (χ1n) is 14.5. The first-order valence-corrected chi connectivity index (χ1v) is 16.1. The van der Waals surface area contributed by atoms with Gasteiger partial charge in [-0.25, -0.2) is 9.79 Å². The van der Waals surface area contributed by atoms with E-state index in [2.05, 4.69) is 4.99 Å². The van der Waals surface area contributed by atoms with Crippen LogP contribution in [0.5, 0.6) is 11.5 Å². The molecule has 0 amide bonds. The number of benzene rings is 4. The van der Waals surface area contributed by atoms with Gasteiger partial charge in [0, 0.05) is 26.7 Å². The normalized spacial score (nSPS) is 14.9. The number of allylic oxidation sites excluding steroid dienone is 1. The van der Waals surface area contributed by atoms with Crippen LogP contribution in [0.15, 0.2) is 99.9 Å². The highest BCUT2D eigenvalue weighted by atomic mass is 35.5. The molecule has 0 bridgehead atoms. The van der Waals surface area contributed by atoms with Crippen LogP contribution in [0.2, 0.25) is 10.0 Å². The van der Waals surface area contributed by atoms with Gasteiger partial charge < -0.3 is 14.2 Å². The van der Waals surface area contributed by atoms with E-state index in [4.69, 9.17) is 37.4 Å². The van der Waals surface area contributed by atoms with Crippen molar-refractivity contribution in [3.05, 3.63) is 137 Å². The summed E-state index contributed by atoms with van der Waals surface area (Å²) in [6.07, 6.45) is -3.60. The van der Waals surface area contributed by atoms with Gasteiger partial charge in [0.05, 0.1) is 23.8 Å². The molecule has 1 aliphatic heterocycles. The van der Waals surface area contributed by atoms with Crippen LogP contribution in [-0.4, -0.2) is 30.4 Å². The summed E-state index contributed by atoms with van der Waals surface area (Å²) in [6, 6.07) is 20.6. The quantitative estimate of drug-likeness (QED) is 0.157. The number of carbonyl (C=O) groups is 1. The fraction of sp³-hybridized carbons (Fsp3) is 0.171. The molecular formula is C35H25Cl2F3N2O5S. The second-order valence-corrected chi connectivity index (χ2v) is 12.4. The minimum absolute atomic E-state index is 0.0226. The van der Waals surface area contributed by atoms with Crippen molar-refractivity contribution in [2.45, 2.75) is 25.7 Å². The van der Waals surface area contributed by atoms with Gasteiger partial charge in [-0.3, -0.25) is 9.36 Å². The molecule has 1 aliphatic rings. The first kappa shape index (κ1) is 33.3. The minimum Gasteiger partial charge on any atom is -0.496 e. The van der Waals surface area contributed by atoms with Gasteiger partial charge in [-0.05, 0) is 54.1 Å². The zero-order valence-electron chi connectivity index (χ0n) is 25.3. The molecule has 6 rings (SSSR count). The number of thiazole rings is 1. The number of fused-ring (bicyclic) bond motifs is 2. The van der Waals surface area contributed by atoms with Crippen molar-refractivity contribution in [1.29, 1.82) is 0 Å². The molecular weight excluding hydrogens is 688 g/mol. The topological polar surface area (TPSA) is 79.1 Å². The van der Waals surface area contributed by atoms with Gasteiger partial charge in [0.2, 0.25) is 0 Å². The average molecular weight is 714 g/mol. The summed E-state index contributed by atoms with van der Waals surface area (Å²) in [4.78, 5) is 31.4. The number of rotatable bonds is 8. The second kappa shape index (κ2) is 13.5. The number of ether oxygens (including phenoxy) is 3. The zero-order chi connectivity index (χ0) is 34.2. The van der Waals surface area contributed by atoms with E-state index in [9.17, 15) is 22.8 Å². The van der Waals surface area contributed by atoms with Gasteiger partial charge in [-0.1, -0.05) is 83.1 Å². The van der Waals surface area contributed by atoms with Crippen molar-refractivity contribution in [3.8, 4) is 11.5 Å². The molecule has 0 N–H and O–H groups in total. The Morgan fingerprint density at radius 1 is 1.02 bits per heavy atom. The molecule has 0 saturated carbocycles. The lowest BCUT2D eigenvalue weighted by molar-refractivity contribution is -0.140. The van der Waals surface area contributed by atoms with Crippen molar-refractivity contribution >= 4 is 57.4 Å². The Balaban J connectivity index is 1.61. The third-order valence-corrected chi connectivity index (χ3v) is 9.21. The molecule has 0 fully saturated rings. The van der Waals surface area contributed by atoms with Crippen molar-refractivity contribution < 1.29 is 32.2 Å². The van der Waals surface area contributed by atoms with Crippen LogP contribution in [0.25, 0.3) is 16.8 Å². The fourth-order valence-electron chi connectivity index (χ4n) is 5.52. The van der Waals surface area contributed by atoms with E-state index in [0.717, 1.165) is 21.5 Å². The van der Waals surface area contributed by atoms with Crippen LogP contribution in [0.3, 0.4) is 0 Å². The molecule has 4 aromatic carbocycles. The third kappa shape index (κ3) is 6.33. The van der Waals surface area contributed by atoms with E-state index in [-0.39, 0.29) is 33.9 Å². The van der Waals surface area contributed by atoms with E-state index in [1.54, 1.807) is 72.8 Å². The SMILES string of the molecule is CCOC(=O)C1=C(C(F)(F)F)N=c2s/c(=C\c3cc(Cl)ccc3OCc3ccccc3Cl)c(=O)n2[C@@H]1c1c(OC)ccc2ccccc12. The maximum atomic E-state index is 14.8. The Kier molecular flexibility index (Phi) is 9.37. The fourth-order valence-corrected chi connectivity index (χ4v) is 6.89. The second-order valence-electron chi connectivity index (χ2n) is 10.5. The highest BCUT2D eigenvalue weighted by Crippen LogP contribution is 2.43. The number of aromatic nitrogens is 1. The van der Waals surface area contributed by atoms with E-state index in [1.165, 1.54) is 20.1 Å². The summed E-state index contributed by atoms with van der Waals surface area (Å²) in [5, 5.41) is 1.97. The Morgan fingerprint density at radius 2 is 1.75 bits per heavy atom. The van der Waals surface area contributed by atoms with E-state index < -0.39 is 35.0 Å². The lowest BCUT2D eigenvalue weighted by Gasteiger charge is -2.28. The monoisotopic (exact) mass is 712 g/mol. The van der Waals surface area contributed by atoms with Crippen LogP contribution in [0, 0.1) is 0 Å². The largest absolute Gasteiger partial charge is 0.496 e. The lowest BCUT2D eigenvalue weighted by Crippen LogP contribution is -2.41. The Labute approximate surface area is 285 Å². The Bertz CT molecular complexity index is 2280. The van der Waals surface area contributed by atoms with Gasteiger partial charge in [0.15, 0.2) is 10.5 Å². The average Bonchev–Trinajstić information content (AvgIpc) is 3.37. The highest BCUT2D eigenvalue weighted by molar-refractivity contribution is 7.07. The molecule has 0 saturated heterocycles. The molecule has 5 aromatic rings. The molecule has 1 atom stereocenters. The van der Waals surface area contributed by atoms with Crippen molar-refractivity contribution in [2.75, 3.05) is 13.7 Å². The number of carbonyl (C=O) groups excluding carboxylic acids is 1. The molecule has 13 heteroatoms. The Morgan fingerprint density at radius 3 is 2.48 bits per heavy atom. The van der Waals surface area contributed by atoms with Gasteiger partial charge in [-0.15, -0.1) is 0 Å². The summed E-state index contributed by atoms with van der Waals surface area (Å²) < 4.78 is 62.2. The van der Waals surface area contributed by atoms with Crippen LogP contribution >= 0.6 is 34.5 Å². The molecule has 0 radical (unpaired) electrons. The number of hydrogen-bond donors (Lipinski definition) is 0. The maximum absolute atomic E-state index is 14.8. The minimum atomic E-state index is -5.07. The van der Waals surface area contributed by atoms with E-state index in [0.29, 0.717) is 32.1 Å². The number of nitrogens with zero attached hydrogens (tertiary/aromatic N) is 2. The number of hydrogen-bond acceptors (Lipinski definition) is 7. The predicted octanol–water partition coefficient (Wildman–Crippen LogP) is 7.39. The summed E-state index contributed by atoms with van der Waals surface area (Å²) in [5.74, 6) is -0.739. The molecule has 1 aromatic heterocycles. The molecule has 7 nitrogen and oxygen atoms in total. The maximum Gasteiger partial charge on any atom is 0.434 e. The van der Waals surface area contributed by atoms with Crippen LogP contribution < -0.4 is 24.4 Å². The molecule has 48 heavy (non-hydrogen) atoms. The van der Waals surface area contributed by atoms with Gasteiger partial charge in [0.1, 0.15) is 24.1 Å². The van der Waals surface area contributed by atoms with Crippen LogP contribution in [0.1, 0.15) is 29.7 Å². The smallest absolute Gasteiger partial charge is 0.434 e. The zero-order valence-corrected chi connectivity index (χ0v) is 27.6. The number of esters is 1. The van der Waals surface area contributed by atoms with Crippen molar-refractivity contribution in [2.24, 2.45) is 4.99 Å². The predicted molar refractivity (Wildman–Crippen MR) is 179 cm³/mol. The first-order chi connectivity index (χ1) is 23.0. The van der Waals surface area contributed by atoms with Crippen molar-refractivity contribution in [3.63, 3.8) is 0 Å². The molecule has 0 aliphatic carbocycles. The number of alkyl halides is 3. The number of halogens is 5. The van der Waals surface area contributed by atoms with E-state index >= 15 is 0 Å².